The second-order valence-electron chi connectivity index (χ2n) is 19.0. The second kappa shape index (κ2) is 21.7. The summed E-state index contributed by atoms with van der Waals surface area (Å²) >= 11 is 2.70. The molecule has 2 aliphatic rings. The molecule has 2 aliphatic carbocycles. The quantitative estimate of drug-likeness (QED) is 0.0620. The summed E-state index contributed by atoms with van der Waals surface area (Å²) in [5.74, 6) is 2.65. The molecule has 15 heteroatoms. The third-order valence-corrected chi connectivity index (χ3v) is 18.6. The molecule has 3 N–H and O–H groups in total. The summed E-state index contributed by atoms with van der Waals surface area (Å²) in [5, 5.41) is 37.1. The Hall–Kier alpha value is -5.36. The van der Waals surface area contributed by atoms with Crippen molar-refractivity contribution in [2.24, 2.45) is 0 Å². The number of aliphatic hydroxyl groups excluding tert-OH is 1. The van der Waals surface area contributed by atoms with E-state index < -0.39 is 8.32 Å². The van der Waals surface area contributed by atoms with E-state index in [1.165, 1.54) is 45.3 Å². The zero-order valence-corrected chi connectivity index (χ0v) is 42.7. The minimum absolute atomic E-state index is 0.00644. The standard InChI is InChI=1S/C29H38N4O2SSi.C23H24N4O2S/c1-19(2)35-26-14-11-20(17-21(26)18-30)28-32-27(33-36-28)24-10-8-9-23-22(24)12-13-25(23)31-15-16-34-37(6,7)29(3,4)5;1-14(2)29-21-9-6-15(12-16(21)13-24)23-26-22(27-30-23)19-5-3-4-18-17(19)7-8-20(18)25-10-11-28/h8-11,14,17,19,25,31H,12-13,15-16H2,1-7H3;3-6,9,12,14,20,25,28H,7-8,10-11H2,1-2H3/t25-;20-/m00/s1. The molecule has 350 valence electrons. The van der Waals surface area contributed by atoms with Crippen LogP contribution in [0.15, 0.2) is 72.8 Å². The number of aliphatic hydroxyl groups is 1. The SMILES string of the molecule is CC(C)Oc1ccc(-c2nc(-c3cccc4c3CC[C@@H]4NCCO)ns2)cc1C#N.CC(C)Oc1ccc(-c2nc(-c3cccc4c3CC[C@@H]4NCCO[Si](C)(C)C(C)(C)C)ns2)cc1C#N. The van der Waals surface area contributed by atoms with Gasteiger partial charge in [-0.25, -0.2) is 9.97 Å². The summed E-state index contributed by atoms with van der Waals surface area (Å²) in [5.41, 5.74) is 10.1. The molecule has 0 spiro atoms. The molecule has 6 aromatic rings. The normalized spacial score (nSPS) is 15.4. The van der Waals surface area contributed by atoms with Crippen molar-refractivity contribution in [2.75, 3.05) is 26.3 Å². The number of fused-ring (bicyclic) bond motifs is 2. The first kappa shape index (κ1) is 49.5. The maximum atomic E-state index is 9.59. The summed E-state index contributed by atoms with van der Waals surface area (Å²) in [6.07, 6.45) is 4.04. The molecule has 8 rings (SSSR count). The Morgan fingerprint density at radius 2 is 1.18 bits per heavy atom. The van der Waals surface area contributed by atoms with Gasteiger partial charge in [0.15, 0.2) is 20.0 Å². The van der Waals surface area contributed by atoms with Gasteiger partial charge >= 0.3 is 0 Å². The zero-order valence-electron chi connectivity index (χ0n) is 40.1. The number of nitrogens with one attached hydrogen (secondary N) is 2. The maximum absolute atomic E-state index is 9.59. The average molecular weight is 955 g/mol. The van der Waals surface area contributed by atoms with Gasteiger partial charge < -0.3 is 29.6 Å². The van der Waals surface area contributed by atoms with E-state index in [-0.39, 0.29) is 29.9 Å². The predicted molar refractivity (Wildman–Crippen MR) is 271 cm³/mol. The molecule has 2 heterocycles. The average Bonchev–Trinajstić information content (AvgIpc) is 4.14. The van der Waals surface area contributed by atoms with Crippen LogP contribution in [0.1, 0.15) is 107 Å². The first-order valence-electron chi connectivity index (χ1n) is 23.2. The first-order chi connectivity index (χ1) is 32.1. The van der Waals surface area contributed by atoms with Crippen LogP contribution in [0.2, 0.25) is 18.1 Å². The topological polar surface area (TPSA) is 171 Å². The molecule has 2 atom stereocenters. The fourth-order valence-corrected chi connectivity index (χ4v) is 10.6. The molecular weight excluding hydrogens is 893 g/mol. The van der Waals surface area contributed by atoms with Crippen molar-refractivity contribution in [3.63, 3.8) is 0 Å². The van der Waals surface area contributed by atoms with Crippen LogP contribution in [0.4, 0.5) is 0 Å². The van der Waals surface area contributed by atoms with Gasteiger partial charge in [-0.2, -0.15) is 19.3 Å². The van der Waals surface area contributed by atoms with E-state index in [0.29, 0.717) is 35.2 Å². The molecule has 0 amide bonds. The number of hydrogen-bond donors (Lipinski definition) is 3. The van der Waals surface area contributed by atoms with Crippen LogP contribution in [0.5, 0.6) is 11.5 Å². The highest BCUT2D eigenvalue weighted by molar-refractivity contribution is 7.09. The van der Waals surface area contributed by atoms with Crippen molar-refractivity contribution in [1.29, 1.82) is 10.5 Å². The maximum Gasteiger partial charge on any atom is 0.192 e. The largest absolute Gasteiger partial charge is 0.490 e. The Bertz CT molecular complexity index is 2750. The summed E-state index contributed by atoms with van der Waals surface area (Å²) < 4.78 is 27.1. The molecule has 0 aliphatic heterocycles. The van der Waals surface area contributed by atoms with E-state index in [1.54, 1.807) is 0 Å². The van der Waals surface area contributed by atoms with Gasteiger partial charge in [0.05, 0.1) is 29.9 Å². The number of hydrogen-bond acceptors (Lipinski definition) is 14. The van der Waals surface area contributed by atoms with E-state index in [4.69, 9.17) is 33.3 Å². The van der Waals surface area contributed by atoms with Crippen molar-refractivity contribution in [3.05, 3.63) is 106 Å². The fraction of sp³-hybridized carbons (Fsp3) is 0.423. The minimum atomic E-state index is -1.73. The Morgan fingerprint density at radius 1 is 0.716 bits per heavy atom. The summed E-state index contributed by atoms with van der Waals surface area (Å²) in [6.45, 7) is 21.5. The second-order valence-corrected chi connectivity index (χ2v) is 25.3. The minimum Gasteiger partial charge on any atom is -0.490 e. The number of nitrogens with zero attached hydrogens (tertiary/aromatic N) is 6. The Labute approximate surface area is 404 Å². The predicted octanol–water partition coefficient (Wildman–Crippen LogP) is 11.2. The Morgan fingerprint density at radius 3 is 1.60 bits per heavy atom. The smallest absolute Gasteiger partial charge is 0.192 e. The van der Waals surface area contributed by atoms with Crippen molar-refractivity contribution < 1.29 is 19.0 Å². The van der Waals surface area contributed by atoms with Crippen molar-refractivity contribution in [2.45, 2.75) is 117 Å². The number of rotatable bonds is 16. The number of benzene rings is 4. The van der Waals surface area contributed by atoms with Crippen LogP contribution in [-0.4, -0.2) is 70.7 Å². The molecule has 67 heavy (non-hydrogen) atoms. The third kappa shape index (κ3) is 11.7. The number of ether oxygens (including phenoxy) is 2. The van der Waals surface area contributed by atoms with Gasteiger partial charge in [-0.1, -0.05) is 57.2 Å². The van der Waals surface area contributed by atoms with Gasteiger partial charge in [-0.05, 0) is 153 Å². The highest BCUT2D eigenvalue weighted by Gasteiger charge is 2.37. The molecule has 0 radical (unpaired) electrons. The van der Waals surface area contributed by atoms with Gasteiger partial charge in [-0.3, -0.25) is 0 Å². The van der Waals surface area contributed by atoms with Gasteiger partial charge in [0.2, 0.25) is 0 Å². The molecule has 0 unspecified atom stereocenters. The van der Waals surface area contributed by atoms with Crippen LogP contribution in [0.25, 0.3) is 43.9 Å². The summed E-state index contributed by atoms with van der Waals surface area (Å²) in [7, 11) is -1.73. The van der Waals surface area contributed by atoms with Crippen molar-refractivity contribution >= 4 is 31.4 Å². The van der Waals surface area contributed by atoms with E-state index in [2.05, 4.69) is 91.3 Å². The van der Waals surface area contributed by atoms with E-state index >= 15 is 0 Å². The highest BCUT2D eigenvalue weighted by atomic mass is 32.1. The number of aromatic nitrogens is 4. The van der Waals surface area contributed by atoms with E-state index in [0.717, 1.165) is 82.8 Å². The van der Waals surface area contributed by atoms with Crippen molar-refractivity contribution in [3.8, 4) is 67.6 Å². The van der Waals surface area contributed by atoms with Crippen LogP contribution >= 0.6 is 23.1 Å². The van der Waals surface area contributed by atoms with E-state index in [1.807, 2.05) is 70.2 Å². The summed E-state index contributed by atoms with van der Waals surface area (Å²) in [6, 6.07) is 28.9. The van der Waals surface area contributed by atoms with Crippen LogP contribution in [0, 0.1) is 22.7 Å². The molecule has 0 fully saturated rings. The monoisotopic (exact) mass is 954 g/mol. The Kier molecular flexibility index (Phi) is 16.1. The van der Waals surface area contributed by atoms with E-state index in [9.17, 15) is 10.5 Å². The van der Waals surface area contributed by atoms with Gasteiger partial charge in [0.25, 0.3) is 0 Å². The van der Waals surface area contributed by atoms with Gasteiger partial charge in [0, 0.05) is 54.0 Å². The molecule has 0 saturated heterocycles. The van der Waals surface area contributed by atoms with Gasteiger partial charge in [-0.15, -0.1) is 0 Å². The molecule has 0 bridgehead atoms. The first-order valence-corrected chi connectivity index (χ1v) is 27.6. The summed E-state index contributed by atoms with van der Waals surface area (Å²) in [4.78, 5) is 9.64. The van der Waals surface area contributed by atoms with Crippen molar-refractivity contribution in [1.82, 2.24) is 29.3 Å². The Balaban J connectivity index is 0.000000203. The zero-order chi connectivity index (χ0) is 47.9. The van der Waals surface area contributed by atoms with Gasteiger partial charge in [0.1, 0.15) is 33.7 Å². The third-order valence-electron chi connectivity index (χ3n) is 12.6. The molecule has 0 saturated carbocycles. The molecule has 4 aromatic carbocycles. The lowest BCUT2D eigenvalue weighted by atomic mass is 10.0. The molecular formula is C52H62N8O4S2Si. The molecule has 12 nitrogen and oxygen atoms in total. The van der Waals surface area contributed by atoms with Crippen LogP contribution < -0.4 is 20.1 Å². The fourth-order valence-electron chi connectivity index (χ4n) is 8.26. The lowest BCUT2D eigenvalue weighted by Crippen LogP contribution is -2.42. The number of nitriles is 2. The molecule has 2 aromatic heterocycles. The lowest BCUT2D eigenvalue weighted by Gasteiger charge is -2.36. The van der Waals surface area contributed by atoms with Crippen LogP contribution in [-0.2, 0) is 17.3 Å². The highest BCUT2D eigenvalue weighted by Crippen LogP contribution is 2.41. The van der Waals surface area contributed by atoms with Crippen LogP contribution in [0.3, 0.4) is 0 Å². The lowest BCUT2D eigenvalue weighted by molar-refractivity contribution is 0.241.